The Balaban J connectivity index is 1.87. The zero-order chi connectivity index (χ0) is 15.6. The highest BCUT2D eigenvalue weighted by Gasteiger charge is 2.01. The van der Waals surface area contributed by atoms with Crippen LogP contribution in [-0.2, 0) is 0 Å². The fourth-order valence-corrected chi connectivity index (χ4v) is 1.89. The van der Waals surface area contributed by atoms with E-state index in [-0.39, 0.29) is 5.56 Å². The maximum absolute atomic E-state index is 7.35. The van der Waals surface area contributed by atoms with Gasteiger partial charge >= 0.3 is 0 Å². The summed E-state index contributed by atoms with van der Waals surface area (Å²) in [5.41, 5.74) is 3.75. The second-order valence-electron chi connectivity index (χ2n) is 4.23. The van der Waals surface area contributed by atoms with Crippen molar-refractivity contribution >= 4 is 0 Å². The molecule has 2 aromatic heterocycles. The second-order valence-corrected chi connectivity index (χ2v) is 4.23. The summed E-state index contributed by atoms with van der Waals surface area (Å²) in [6.07, 6.45) is 3.15. The van der Waals surface area contributed by atoms with Gasteiger partial charge in [-0.1, -0.05) is 36.4 Å². The molecule has 0 aliphatic rings. The highest BCUT2D eigenvalue weighted by Crippen LogP contribution is 2.21. The Kier molecular flexibility index (Phi) is 2.27. The lowest BCUT2D eigenvalue weighted by Crippen LogP contribution is -1.87. The largest absolute Gasteiger partial charge is 0.256 e. The number of hydrogen-bond donors (Lipinski definition) is 0. The summed E-state index contributed by atoms with van der Waals surface area (Å²) in [6.45, 7) is -2.12. The number of rotatable bonds is 2. The molecule has 0 aliphatic carbocycles. The van der Waals surface area contributed by atoms with Gasteiger partial charge in [0.05, 0.1) is 11.4 Å². The average Bonchev–Trinajstić information content (AvgIpc) is 2.55. The highest BCUT2D eigenvalue weighted by atomic mass is 14.7. The Labute approximate surface area is 117 Å². The summed E-state index contributed by atoms with van der Waals surface area (Å²) in [5.74, 6) is 0. The van der Waals surface area contributed by atoms with Crippen LogP contribution in [0.5, 0.6) is 0 Å². The minimum absolute atomic E-state index is 0.241. The van der Waals surface area contributed by atoms with Crippen LogP contribution in [-0.4, -0.2) is 9.97 Å². The van der Waals surface area contributed by atoms with Gasteiger partial charge in [0.1, 0.15) is 0 Å². The number of hydrogen-bond acceptors (Lipinski definition) is 2. The van der Waals surface area contributed by atoms with E-state index in [0.29, 0.717) is 5.69 Å². The fourth-order valence-electron chi connectivity index (χ4n) is 1.89. The molecule has 0 atom stereocenters. The van der Waals surface area contributed by atoms with Gasteiger partial charge in [0.25, 0.3) is 0 Å². The van der Waals surface area contributed by atoms with Crippen LogP contribution in [0.25, 0.3) is 22.5 Å². The number of pyridine rings is 2. The van der Waals surface area contributed by atoms with Gasteiger partial charge in [-0.15, -0.1) is 0 Å². The zero-order valence-corrected chi connectivity index (χ0v) is 10.2. The first-order valence-electron chi connectivity index (χ1n) is 7.52. The van der Waals surface area contributed by atoms with E-state index in [4.69, 9.17) is 4.11 Å². The molecule has 2 heteroatoms. The molecule has 2 heterocycles. The number of aromatic nitrogens is 2. The van der Waals surface area contributed by atoms with Crippen LogP contribution in [0.15, 0.2) is 67.0 Å². The number of nitrogens with zero attached hydrogens (tertiary/aromatic N) is 2. The Morgan fingerprint density at radius 2 is 1.47 bits per heavy atom. The quantitative estimate of drug-likeness (QED) is 0.682. The van der Waals surface area contributed by atoms with Gasteiger partial charge in [-0.05, 0) is 30.6 Å². The molecule has 1 aromatic carbocycles. The maximum atomic E-state index is 7.35. The first-order chi connectivity index (χ1) is 10.5. The summed E-state index contributed by atoms with van der Waals surface area (Å²) >= 11 is 0. The summed E-state index contributed by atoms with van der Waals surface area (Å²) in [5, 5.41) is 0. The molecule has 3 rings (SSSR count). The average molecular weight is 249 g/mol. The zero-order valence-electron chi connectivity index (χ0n) is 13.2. The van der Waals surface area contributed by atoms with Crippen molar-refractivity contribution in [2.75, 3.05) is 0 Å². The van der Waals surface area contributed by atoms with Gasteiger partial charge in [-0.3, -0.25) is 9.97 Å². The second kappa shape index (κ2) is 5.02. The molecule has 3 aromatic rings. The molecule has 0 saturated carbocycles. The van der Waals surface area contributed by atoms with E-state index in [0.717, 1.165) is 16.8 Å². The van der Waals surface area contributed by atoms with E-state index in [9.17, 15) is 0 Å². The Morgan fingerprint density at radius 3 is 2.11 bits per heavy atom. The van der Waals surface area contributed by atoms with Crippen LogP contribution in [0.2, 0.25) is 0 Å². The monoisotopic (exact) mass is 249 g/mol. The lowest BCUT2D eigenvalue weighted by molar-refractivity contribution is 1.25. The third-order valence-corrected chi connectivity index (χ3v) is 2.89. The smallest absolute Gasteiger partial charge is 0.0717 e. The molecule has 0 amide bonds. The van der Waals surface area contributed by atoms with Crippen molar-refractivity contribution in [1.29, 1.82) is 0 Å². The topological polar surface area (TPSA) is 25.8 Å². The standard InChI is InChI=1S/C17H14N2/c1-13-7-9-17(18-11-13)15-8-10-16(19-12-15)14-5-3-2-4-6-14/h2-12H,1H3/i1D3. The van der Waals surface area contributed by atoms with Gasteiger partial charge in [-0.2, -0.15) is 0 Å². The molecular formula is C17H14N2. The minimum Gasteiger partial charge on any atom is -0.256 e. The number of benzene rings is 1. The molecule has 0 N–H and O–H groups in total. The Bertz CT molecular complexity index is 749. The van der Waals surface area contributed by atoms with Crippen LogP contribution >= 0.6 is 0 Å². The van der Waals surface area contributed by atoms with Crippen LogP contribution in [0, 0.1) is 6.85 Å². The first kappa shape index (κ1) is 8.59. The van der Waals surface area contributed by atoms with Crippen molar-refractivity contribution in [2.45, 2.75) is 6.85 Å². The van der Waals surface area contributed by atoms with Crippen LogP contribution in [0.3, 0.4) is 0 Å². The van der Waals surface area contributed by atoms with E-state index >= 15 is 0 Å². The molecule has 0 spiro atoms. The molecule has 92 valence electrons. The van der Waals surface area contributed by atoms with Crippen LogP contribution in [0.4, 0.5) is 0 Å². The lowest BCUT2D eigenvalue weighted by atomic mass is 10.1. The molecule has 0 saturated heterocycles. The van der Waals surface area contributed by atoms with Gasteiger partial charge < -0.3 is 0 Å². The molecular weight excluding hydrogens is 232 g/mol. The van der Waals surface area contributed by atoms with Gasteiger partial charge in [0, 0.05) is 27.6 Å². The van der Waals surface area contributed by atoms with Gasteiger partial charge in [0.2, 0.25) is 0 Å². The molecule has 0 aliphatic heterocycles. The van der Waals surface area contributed by atoms with Crippen molar-refractivity contribution in [2.24, 2.45) is 0 Å². The summed E-state index contributed by atoms with van der Waals surface area (Å²) in [6, 6.07) is 17.1. The van der Waals surface area contributed by atoms with E-state index in [1.54, 1.807) is 18.3 Å². The third-order valence-electron chi connectivity index (χ3n) is 2.89. The van der Waals surface area contributed by atoms with E-state index in [1.165, 1.54) is 6.20 Å². The van der Waals surface area contributed by atoms with Gasteiger partial charge in [-0.25, -0.2) is 0 Å². The Hall–Kier alpha value is -2.48. The van der Waals surface area contributed by atoms with E-state index in [2.05, 4.69) is 9.97 Å². The number of aryl methyl sites for hydroxylation is 1. The van der Waals surface area contributed by atoms with E-state index < -0.39 is 6.85 Å². The normalized spacial score (nSPS) is 13.4. The summed E-state index contributed by atoms with van der Waals surface area (Å²) in [7, 11) is 0. The predicted molar refractivity (Wildman–Crippen MR) is 77.6 cm³/mol. The van der Waals surface area contributed by atoms with Crippen molar-refractivity contribution in [3.05, 3.63) is 72.6 Å². The Morgan fingerprint density at radius 1 is 0.737 bits per heavy atom. The molecule has 0 fully saturated rings. The molecule has 2 nitrogen and oxygen atoms in total. The first-order valence-corrected chi connectivity index (χ1v) is 6.02. The molecule has 0 unspecified atom stereocenters. The third kappa shape index (κ3) is 2.52. The van der Waals surface area contributed by atoms with Crippen molar-refractivity contribution in [1.82, 2.24) is 9.97 Å². The van der Waals surface area contributed by atoms with Crippen molar-refractivity contribution in [3.63, 3.8) is 0 Å². The fraction of sp³-hybridized carbons (Fsp3) is 0.0588. The van der Waals surface area contributed by atoms with Crippen molar-refractivity contribution < 1.29 is 4.11 Å². The highest BCUT2D eigenvalue weighted by molar-refractivity contribution is 5.64. The van der Waals surface area contributed by atoms with Crippen LogP contribution in [0.1, 0.15) is 9.68 Å². The van der Waals surface area contributed by atoms with Crippen molar-refractivity contribution in [3.8, 4) is 22.5 Å². The molecule has 0 radical (unpaired) electrons. The molecule has 19 heavy (non-hydrogen) atoms. The molecule has 0 bridgehead atoms. The minimum atomic E-state index is -2.12. The lowest BCUT2D eigenvalue weighted by Gasteiger charge is -2.03. The van der Waals surface area contributed by atoms with E-state index in [1.807, 2.05) is 42.5 Å². The SMILES string of the molecule is [2H]C([2H])([2H])c1ccc(-c2ccc(-c3ccccc3)nc2)nc1. The summed E-state index contributed by atoms with van der Waals surface area (Å²) in [4.78, 5) is 8.66. The maximum Gasteiger partial charge on any atom is 0.0717 e. The van der Waals surface area contributed by atoms with Crippen LogP contribution < -0.4 is 0 Å². The van der Waals surface area contributed by atoms with Gasteiger partial charge in [0.15, 0.2) is 0 Å². The predicted octanol–water partition coefficient (Wildman–Crippen LogP) is 4.12. The summed E-state index contributed by atoms with van der Waals surface area (Å²) < 4.78 is 22.1.